The van der Waals surface area contributed by atoms with Gasteiger partial charge in [0.25, 0.3) is 0 Å². The van der Waals surface area contributed by atoms with Gasteiger partial charge in [-0.1, -0.05) is 0 Å². The van der Waals surface area contributed by atoms with Crippen molar-refractivity contribution in [2.45, 2.75) is 62.7 Å². The number of rotatable bonds is 15. The molecule has 15 heteroatoms. The fraction of sp³-hybridized carbons (Fsp3) is 0.636. The number of likely N-dealkylation sites (tertiary alicyclic amines) is 1. The average molecular weight is 540 g/mol. The van der Waals surface area contributed by atoms with Crippen LogP contribution >= 0.6 is 11.8 Å². The number of carbonyl (C=O) groups excluding carboxylic acids is 3. The molecule has 0 aromatic carbocycles. The molecule has 3 amide bonds. The van der Waals surface area contributed by atoms with Crippen LogP contribution in [0.4, 0.5) is 0 Å². The van der Waals surface area contributed by atoms with Gasteiger partial charge in [0.05, 0.1) is 12.4 Å². The van der Waals surface area contributed by atoms with Gasteiger partial charge in [-0.15, -0.1) is 0 Å². The molecule has 2 heterocycles. The van der Waals surface area contributed by atoms with Crippen molar-refractivity contribution in [3.8, 4) is 0 Å². The van der Waals surface area contributed by atoms with Crippen LogP contribution in [0.3, 0.4) is 0 Å². The fourth-order valence-electron chi connectivity index (χ4n) is 4.01. The van der Waals surface area contributed by atoms with Crippen LogP contribution in [-0.4, -0.2) is 98.9 Å². The van der Waals surface area contributed by atoms with Gasteiger partial charge in [0.2, 0.25) is 17.7 Å². The summed E-state index contributed by atoms with van der Waals surface area (Å²) in [5, 5.41) is 14.8. The number of amides is 3. The molecule has 14 nitrogen and oxygen atoms in total. The Morgan fingerprint density at radius 1 is 1.27 bits per heavy atom. The molecule has 1 fully saturated rings. The Morgan fingerprint density at radius 2 is 2.03 bits per heavy atom. The molecule has 0 saturated carbocycles. The molecule has 0 bridgehead atoms. The molecular weight excluding hydrogens is 502 g/mol. The summed E-state index contributed by atoms with van der Waals surface area (Å²) < 4.78 is 0. The number of nitrogens with one attached hydrogen (secondary N) is 3. The number of H-pyrrole nitrogens is 1. The molecule has 10 N–H and O–H groups in total. The number of hydrogen-bond acceptors (Lipinski definition) is 8. The monoisotopic (exact) mass is 539 g/mol. The third-order valence-electron chi connectivity index (χ3n) is 5.96. The number of aliphatic imine (C=N–C) groups is 1. The van der Waals surface area contributed by atoms with Crippen LogP contribution in [0.1, 0.15) is 37.8 Å². The first-order valence-electron chi connectivity index (χ1n) is 12.0. The Bertz CT molecular complexity index is 939. The number of aliphatic carboxylic acids is 1. The zero-order chi connectivity index (χ0) is 27.4. The number of hydrogen-bond donors (Lipinski definition) is 7. The highest BCUT2D eigenvalue weighted by atomic mass is 32.2. The van der Waals surface area contributed by atoms with Crippen molar-refractivity contribution in [3.05, 3.63) is 18.2 Å². The van der Waals surface area contributed by atoms with Crippen LogP contribution in [0.25, 0.3) is 0 Å². The molecule has 0 spiro atoms. The maximum atomic E-state index is 13.4. The van der Waals surface area contributed by atoms with Gasteiger partial charge in [-0.3, -0.25) is 19.4 Å². The summed E-state index contributed by atoms with van der Waals surface area (Å²) in [5.74, 6) is -2.06. The lowest BCUT2D eigenvalue weighted by Crippen LogP contribution is -2.57. The third kappa shape index (κ3) is 9.57. The van der Waals surface area contributed by atoms with Gasteiger partial charge in [-0.2, -0.15) is 11.8 Å². The molecule has 0 aliphatic carbocycles. The van der Waals surface area contributed by atoms with Crippen LogP contribution in [0.2, 0.25) is 0 Å². The van der Waals surface area contributed by atoms with Gasteiger partial charge in [0, 0.05) is 31.4 Å². The Labute approximate surface area is 219 Å². The normalized spacial score (nSPS) is 17.5. The number of carbonyl (C=O) groups is 4. The lowest BCUT2D eigenvalue weighted by Gasteiger charge is -2.30. The van der Waals surface area contributed by atoms with Gasteiger partial charge in [0.1, 0.15) is 18.1 Å². The first-order chi connectivity index (χ1) is 17.6. The first kappa shape index (κ1) is 29.9. The minimum absolute atomic E-state index is 0.0230. The molecule has 1 aliphatic rings. The Kier molecular flexibility index (Phi) is 12.2. The van der Waals surface area contributed by atoms with E-state index >= 15 is 0 Å². The molecule has 1 aromatic heterocycles. The van der Waals surface area contributed by atoms with E-state index in [0.29, 0.717) is 56.6 Å². The number of aromatic amines is 1. The van der Waals surface area contributed by atoms with Crippen LogP contribution in [0.15, 0.2) is 17.5 Å². The SMILES string of the molecule is CSCCC(NC(=O)C(N)CCCN=C(N)N)C(=O)N1CCCC1C(=O)NC(Cc1cnc[nH]1)C(=O)O. The zero-order valence-corrected chi connectivity index (χ0v) is 21.7. The Hall–Kier alpha value is -3.33. The highest BCUT2D eigenvalue weighted by molar-refractivity contribution is 7.98. The summed E-state index contributed by atoms with van der Waals surface area (Å²) in [6.45, 7) is 0.659. The Morgan fingerprint density at radius 3 is 2.65 bits per heavy atom. The summed E-state index contributed by atoms with van der Waals surface area (Å²) in [7, 11) is 0. The molecule has 0 radical (unpaired) electrons. The minimum Gasteiger partial charge on any atom is -0.480 e. The molecule has 1 aliphatic heterocycles. The molecular formula is C22H37N9O5S. The van der Waals surface area contributed by atoms with Crippen LogP contribution < -0.4 is 27.8 Å². The summed E-state index contributed by atoms with van der Waals surface area (Å²) in [5.41, 5.74) is 17.1. The number of imidazole rings is 1. The third-order valence-corrected chi connectivity index (χ3v) is 6.61. The number of nitrogens with zero attached hydrogens (tertiary/aromatic N) is 3. The highest BCUT2D eigenvalue weighted by Gasteiger charge is 2.39. The van der Waals surface area contributed by atoms with Gasteiger partial charge >= 0.3 is 5.97 Å². The molecule has 37 heavy (non-hydrogen) atoms. The van der Waals surface area contributed by atoms with Gasteiger partial charge in [-0.25, -0.2) is 9.78 Å². The molecule has 1 aromatic rings. The predicted molar refractivity (Wildman–Crippen MR) is 139 cm³/mol. The smallest absolute Gasteiger partial charge is 0.326 e. The minimum atomic E-state index is -1.20. The van der Waals surface area contributed by atoms with E-state index in [0.717, 1.165) is 0 Å². The number of carboxylic acid groups (broad SMARTS) is 1. The molecule has 1 saturated heterocycles. The highest BCUT2D eigenvalue weighted by Crippen LogP contribution is 2.20. The lowest BCUT2D eigenvalue weighted by molar-refractivity contribution is -0.145. The van der Waals surface area contributed by atoms with Gasteiger partial charge < -0.3 is 42.8 Å². The summed E-state index contributed by atoms with van der Waals surface area (Å²) >= 11 is 1.52. The lowest BCUT2D eigenvalue weighted by atomic mass is 10.1. The summed E-state index contributed by atoms with van der Waals surface area (Å²) in [6.07, 6.45) is 6.96. The second kappa shape index (κ2) is 15.0. The van der Waals surface area contributed by atoms with E-state index in [-0.39, 0.29) is 12.4 Å². The van der Waals surface area contributed by atoms with Gasteiger partial charge in [-0.05, 0) is 44.1 Å². The quantitative estimate of drug-likeness (QED) is 0.0744. The van der Waals surface area contributed by atoms with E-state index in [2.05, 4.69) is 25.6 Å². The van der Waals surface area contributed by atoms with Crippen molar-refractivity contribution in [2.24, 2.45) is 22.2 Å². The van der Waals surface area contributed by atoms with Crippen molar-refractivity contribution in [3.63, 3.8) is 0 Å². The van der Waals surface area contributed by atoms with Crippen molar-refractivity contribution >= 4 is 41.4 Å². The number of aromatic nitrogens is 2. The van der Waals surface area contributed by atoms with Crippen molar-refractivity contribution < 1.29 is 24.3 Å². The van der Waals surface area contributed by atoms with E-state index in [9.17, 15) is 24.3 Å². The van der Waals surface area contributed by atoms with Crippen molar-refractivity contribution in [2.75, 3.05) is 25.1 Å². The zero-order valence-electron chi connectivity index (χ0n) is 20.9. The van der Waals surface area contributed by atoms with E-state index in [1.54, 1.807) is 0 Å². The maximum absolute atomic E-state index is 13.4. The molecule has 206 valence electrons. The first-order valence-corrected chi connectivity index (χ1v) is 13.4. The topological polar surface area (TPSA) is 235 Å². The maximum Gasteiger partial charge on any atom is 0.326 e. The van der Waals surface area contributed by atoms with E-state index in [4.69, 9.17) is 17.2 Å². The van der Waals surface area contributed by atoms with Gasteiger partial charge in [0.15, 0.2) is 5.96 Å². The molecule has 4 atom stereocenters. The van der Waals surface area contributed by atoms with Crippen LogP contribution in [-0.2, 0) is 25.6 Å². The number of nitrogens with two attached hydrogens (primary N) is 3. The van der Waals surface area contributed by atoms with Crippen molar-refractivity contribution in [1.82, 2.24) is 25.5 Å². The molecule has 4 unspecified atom stereocenters. The average Bonchev–Trinajstić information content (AvgIpc) is 3.55. The van der Waals surface area contributed by atoms with E-state index in [1.807, 2.05) is 6.26 Å². The number of thioether (sulfide) groups is 1. The number of guanidine groups is 1. The van der Waals surface area contributed by atoms with Crippen LogP contribution in [0.5, 0.6) is 0 Å². The largest absolute Gasteiger partial charge is 0.480 e. The molecule has 2 rings (SSSR count). The predicted octanol–water partition coefficient (Wildman–Crippen LogP) is -1.87. The number of carboxylic acids is 1. The van der Waals surface area contributed by atoms with E-state index < -0.39 is 47.9 Å². The van der Waals surface area contributed by atoms with Crippen LogP contribution in [0, 0.1) is 0 Å². The summed E-state index contributed by atoms with van der Waals surface area (Å²) in [4.78, 5) is 62.8. The standard InChI is InChI=1S/C22H37N9O5S/c1-37-9-6-15(29-18(32)14(23)4-2-7-27-22(24)25)20(34)31-8-3-5-17(31)19(33)30-16(21(35)36)10-13-11-26-12-28-13/h11-12,14-17H,2-10,23H2,1H3,(H,26,28)(H,29,32)(H,30,33)(H,35,36)(H4,24,25,27). The summed E-state index contributed by atoms with van der Waals surface area (Å²) in [6, 6.07) is -3.74. The second-order valence-corrected chi connectivity index (χ2v) is 9.75. The second-order valence-electron chi connectivity index (χ2n) is 8.77. The fourth-order valence-corrected chi connectivity index (χ4v) is 4.48. The Balaban J connectivity index is 2.03. The van der Waals surface area contributed by atoms with Crippen molar-refractivity contribution in [1.29, 1.82) is 0 Å². The van der Waals surface area contributed by atoms with E-state index in [1.165, 1.54) is 29.2 Å².